The number of halogens is 1. The second-order valence-electron chi connectivity index (χ2n) is 4.10. The van der Waals surface area contributed by atoms with Gasteiger partial charge in [-0.25, -0.2) is 22.8 Å². The lowest BCUT2D eigenvalue weighted by atomic mass is 10.1. The number of hydrogen-bond donors (Lipinski definition) is 2. The molecule has 0 bridgehead atoms. The molecule has 0 unspecified atom stereocenters. The van der Waals surface area contributed by atoms with Gasteiger partial charge in [-0.05, 0) is 24.6 Å². The number of sulfonamides is 1. The number of aliphatic hydroxyl groups is 1. The van der Waals surface area contributed by atoms with E-state index in [0.29, 0.717) is 0 Å². The van der Waals surface area contributed by atoms with E-state index in [1.54, 1.807) is 0 Å². The minimum Gasteiger partial charge on any atom is -0.392 e. The Morgan fingerprint density at radius 2 is 1.95 bits per heavy atom. The van der Waals surface area contributed by atoms with Gasteiger partial charge in [0.25, 0.3) is 10.0 Å². The zero-order chi connectivity index (χ0) is 14.8. The molecule has 0 spiro atoms. The number of nitrogens with zero attached hydrogens (tertiary/aromatic N) is 2. The van der Waals surface area contributed by atoms with Crippen LogP contribution in [0.5, 0.6) is 0 Å². The van der Waals surface area contributed by atoms with E-state index in [0.717, 1.165) is 6.07 Å². The molecule has 0 amide bonds. The number of hydrogen-bond acceptors (Lipinski definition) is 5. The van der Waals surface area contributed by atoms with Crippen LogP contribution < -0.4 is 4.72 Å². The van der Waals surface area contributed by atoms with Gasteiger partial charge in [-0.2, -0.15) is 0 Å². The summed E-state index contributed by atoms with van der Waals surface area (Å²) < 4.78 is 40.2. The van der Waals surface area contributed by atoms with Crippen molar-refractivity contribution in [1.29, 1.82) is 0 Å². The summed E-state index contributed by atoms with van der Waals surface area (Å²) in [6.07, 6.45) is 3.87. The van der Waals surface area contributed by atoms with Gasteiger partial charge in [0, 0.05) is 5.56 Å². The first kappa shape index (κ1) is 14.4. The first-order valence-corrected chi connectivity index (χ1v) is 7.10. The van der Waals surface area contributed by atoms with Gasteiger partial charge in [0.1, 0.15) is 12.1 Å². The molecule has 0 atom stereocenters. The fourth-order valence-corrected chi connectivity index (χ4v) is 2.81. The molecule has 0 aliphatic carbocycles. The molecule has 0 aliphatic rings. The van der Waals surface area contributed by atoms with E-state index >= 15 is 0 Å². The van der Waals surface area contributed by atoms with Crippen molar-refractivity contribution in [3.05, 3.63) is 47.8 Å². The third-order valence-corrected chi connectivity index (χ3v) is 3.96. The molecule has 2 aromatic rings. The van der Waals surface area contributed by atoms with Crippen LogP contribution in [0.2, 0.25) is 0 Å². The third-order valence-electron chi connectivity index (χ3n) is 2.60. The molecule has 2 N–H and O–H groups in total. The van der Waals surface area contributed by atoms with E-state index in [1.165, 1.54) is 31.7 Å². The fraction of sp³-hybridized carbons (Fsp3) is 0.167. The zero-order valence-electron chi connectivity index (χ0n) is 10.5. The lowest BCUT2D eigenvalue weighted by Crippen LogP contribution is -2.14. The molecule has 1 aromatic heterocycles. The highest BCUT2D eigenvalue weighted by molar-refractivity contribution is 7.92. The van der Waals surface area contributed by atoms with Crippen molar-refractivity contribution >= 4 is 15.7 Å². The average molecular weight is 297 g/mol. The van der Waals surface area contributed by atoms with Gasteiger partial charge in [0.15, 0.2) is 0 Å². The summed E-state index contributed by atoms with van der Waals surface area (Å²) in [6, 6.07) is 2.29. The van der Waals surface area contributed by atoms with Gasteiger partial charge in [0.05, 0.1) is 29.6 Å². The molecule has 2 rings (SSSR count). The molecule has 0 aliphatic heterocycles. The number of benzene rings is 1. The molecule has 1 aromatic carbocycles. The SMILES string of the molecule is Cc1cc(S(=O)(=O)Nc2cncnc2)cc(CO)c1F. The van der Waals surface area contributed by atoms with Crippen molar-refractivity contribution in [2.75, 3.05) is 4.72 Å². The van der Waals surface area contributed by atoms with E-state index in [2.05, 4.69) is 14.7 Å². The summed E-state index contributed by atoms with van der Waals surface area (Å²) in [7, 11) is -3.89. The quantitative estimate of drug-likeness (QED) is 0.885. The van der Waals surface area contributed by atoms with Crippen LogP contribution >= 0.6 is 0 Å². The van der Waals surface area contributed by atoms with Crippen LogP contribution in [0.15, 0.2) is 35.7 Å². The maximum absolute atomic E-state index is 13.6. The van der Waals surface area contributed by atoms with Crippen LogP contribution in [-0.4, -0.2) is 23.5 Å². The van der Waals surface area contributed by atoms with Gasteiger partial charge >= 0.3 is 0 Å². The number of rotatable bonds is 4. The number of aryl methyl sites for hydroxylation is 1. The minimum atomic E-state index is -3.89. The van der Waals surface area contributed by atoms with E-state index in [9.17, 15) is 12.8 Å². The van der Waals surface area contributed by atoms with Crippen molar-refractivity contribution in [1.82, 2.24) is 9.97 Å². The lowest BCUT2D eigenvalue weighted by molar-refractivity contribution is 0.275. The molecule has 0 radical (unpaired) electrons. The Kier molecular flexibility index (Phi) is 3.96. The first-order valence-electron chi connectivity index (χ1n) is 5.62. The summed E-state index contributed by atoms with van der Waals surface area (Å²) in [5.74, 6) is -0.616. The number of nitrogens with one attached hydrogen (secondary N) is 1. The summed E-state index contributed by atoms with van der Waals surface area (Å²) in [5.41, 5.74) is 0.260. The highest BCUT2D eigenvalue weighted by Crippen LogP contribution is 2.21. The number of aliphatic hydroxyl groups excluding tert-OH is 1. The van der Waals surface area contributed by atoms with Crippen molar-refractivity contribution in [2.45, 2.75) is 18.4 Å². The second-order valence-corrected chi connectivity index (χ2v) is 5.79. The monoisotopic (exact) mass is 297 g/mol. The van der Waals surface area contributed by atoms with E-state index < -0.39 is 22.4 Å². The third kappa shape index (κ3) is 2.91. The van der Waals surface area contributed by atoms with Crippen molar-refractivity contribution in [3.63, 3.8) is 0 Å². The minimum absolute atomic E-state index is 0.0744. The molecule has 6 nitrogen and oxygen atoms in total. The average Bonchev–Trinajstić information content (AvgIpc) is 2.42. The normalized spacial score (nSPS) is 11.3. The van der Waals surface area contributed by atoms with Crippen molar-refractivity contribution < 1.29 is 17.9 Å². The van der Waals surface area contributed by atoms with Crippen LogP contribution in [0.25, 0.3) is 0 Å². The van der Waals surface area contributed by atoms with E-state index in [4.69, 9.17) is 5.11 Å². The van der Waals surface area contributed by atoms with Crippen LogP contribution in [-0.2, 0) is 16.6 Å². The van der Waals surface area contributed by atoms with Crippen LogP contribution in [0.3, 0.4) is 0 Å². The van der Waals surface area contributed by atoms with Crippen molar-refractivity contribution in [2.24, 2.45) is 0 Å². The Labute approximate surface area is 115 Å². The summed E-state index contributed by atoms with van der Waals surface area (Å²) in [6.45, 7) is 0.851. The first-order chi connectivity index (χ1) is 9.44. The van der Waals surface area contributed by atoms with E-state index in [1.807, 2.05) is 0 Å². The molecule has 106 valence electrons. The predicted octanol–water partition coefficient (Wildman–Crippen LogP) is 1.22. The van der Waals surface area contributed by atoms with Crippen LogP contribution in [0, 0.1) is 12.7 Å². The summed E-state index contributed by atoms with van der Waals surface area (Å²) >= 11 is 0. The molecule has 8 heteroatoms. The predicted molar refractivity (Wildman–Crippen MR) is 69.9 cm³/mol. The highest BCUT2D eigenvalue weighted by atomic mass is 32.2. The molecule has 0 saturated carbocycles. The summed E-state index contributed by atoms with van der Waals surface area (Å²) in [5, 5.41) is 9.05. The second kappa shape index (κ2) is 5.51. The molecule has 1 heterocycles. The largest absolute Gasteiger partial charge is 0.392 e. The topological polar surface area (TPSA) is 92.2 Å². The zero-order valence-corrected chi connectivity index (χ0v) is 11.4. The molecule has 20 heavy (non-hydrogen) atoms. The van der Waals surface area contributed by atoms with Gasteiger partial charge < -0.3 is 5.11 Å². The fourth-order valence-electron chi connectivity index (χ4n) is 1.64. The highest BCUT2D eigenvalue weighted by Gasteiger charge is 2.18. The number of aromatic nitrogens is 2. The maximum Gasteiger partial charge on any atom is 0.262 e. The Morgan fingerprint density at radius 1 is 1.30 bits per heavy atom. The molecule has 0 saturated heterocycles. The van der Waals surface area contributed by atoms with Crippen molar-refractivity contribution in [3.8, 4) is 0 Å². The molecular weight excluding hydrogens is 285 g/mol. The van der Waals surface area contributed by atoms with Crippen LogP contribution in [0.4, 0.5) is 10.1 Å². The Morgan fingerprint density at radius 3 is 2.55 bits per heavy atom. The molecule has 0 fully saturated rings. The van der Waals surface area contributed by atoms with Gasteiger partial charge in [-0.3, -0.25) is 4.72 Å². The van der Waals surface area contributed by atoms with Gasteiger partial charge in [-0.15, -0.1) is 0 Å². The molecular formula is C12H12FN3O3S. The van der Waals surface area contributed by atoms with Gasteiger partial charge in [0.2, 0.25) is 0 Å². The summed E-state index contributed by atoms with van der Waals surface area (Å²) in [4.78, 5) is 7.24. The standard InChI is InChI=1S/C12H12FN3O3S/c1-8-2-11(3-9(6-17)12(8)13)20(18,19)16-10-4-14-7-15-5-10/h2-5,7,16-17H,6H2,1H3. The Bertz CT molecular complexity index is 720. The smallest absolute Gasteiger partial charge is 0.262 e. The van der Waals surface area contributed by atoms with Crippen LogP contribution in [0.1, 0.15) is 11.1 Å². The van der Waals surface area contributed by atoms with Gasteiger partial charge in [-0.1, -0.05) is 0 Å². The van der Waals surface area contributed by atoms with E-state index in [-0.39, 0.29) is 21.7 Å². The maximum atomic E-state index is 13.6. The number of anilines is 1. The Hall–Kier alpha value is -2.06. The Balaban J connectivity index is 2.42. The lowest BCUT2D eigenvalue weighted by Gasteiger charge is -2.10.